The minimum Gasteiger partial charge on any atom is -0.294 e. The van der Waals surface area contributed by atoms with Gasteiger partial charge in [-0.15, -0.1) is 0 Å². The number of ketones is 1. The summed E-state index contributed by atoms with van der Waals surface area (Å²) in [6.07, 6.45) is 2.53. The second-order valence-electron chi connectivity index (χ2n) is 1.91. The maximum absolute atomic E-state index is 12.6. The van der Waals surface area contributed by atoms with E-state index in [0.717, 1.165) is 6.07 Å². The second kappa shape index (κ2) is 2.56. The highest BCUT2D eigenvalue weighted by Gasteiger charge is 2.04. The van der Waals surface area contributed by atoms with Crippen molar-refractivity contribution in [3.05, 3.63) is 29.8 Å². The third-order valence-electron chi connectivity index (χ3n) is 1.15. The maximum Gasteiger partial charge on any atom is 0.164 e. The molecular formula is C7H6FNO. The fourth-order valence-corrected chi connectivity index (χ4v) is 0.637. The summed E-state index contributed by atoms with van der Waals surface area (Å²) >= 11 is 0. The Bertz CT molecular complexity index is 260. The van der Waals surface area contributed by atoms with E-state index < -0.39 is 5.82 Å². The Hall–Kier alpha value is -1.25. The molecule has 2 nitrogen and oxygen atoms in total. The van der Waals surface area contributed by atoms with Crippen LogP contribution in [0.4, 0.5) is 4.39 Å². The molecule has 1 aromatic rings. The predicted molar refractivity (Wildman–Crippen MR) is 34.2 cm³/mol. The van der Waals surface area contributed by atoms with Gasteiger partial charge in [0.2, 0.25) is 0 Å². The Morgan fingerprint density at radius 2 is 2.40 bits per heavy atom. The molecule has 0 spiro atoms. The van der Waals surface area contributed by atoms with Crippen molar-refractivity contribution in [2.75, 3.05) is 0 Å². The normalized spacial score (nSPS) is 9.40. The van der Waals surface area contributed by atoms with Crippen LogP contribution < -0.4 is 0 Å². The summed E-state index contributed by atoms with van der Waals surface area (Å²) in [4.78, 5) is 14.2. The van der Waals surface area contributed by atoms with Gasteiger partial charge in [0.1, 0.15) is 5.82 Å². The molecule has 1 heterocycles. The number of Topliss-reactive ketones (excluding diaryl/α,β-unsaturated/α-hetero) is 1. The van der Waals surface area contributed by atoms with Crippen molar-refractivity contribution < 1.29 is 9.18 Å². The smallest absolute Gasteiger partial charge is 0.164 e. The van der Waals surface area contributed by atoms with Crippen molar-refractivity contribution in [2.24, 2.45) is 0 Å². The summed E-state index contributed by atoms with van der Waals surface area (Å²) in [5.74, 6) is -0.812. The van der Waals surface area contributed by atoms with E-state index >= 15 is 0 Å². The summed E-state index contributed by atoms with van der Waals surface area (Å²) in [7, 11) is 0. The van der Waals surface area contributed by atoms with Crippen LogP contribution >= 0.6 is 0 Å². The largest absolute Gasteiger partial charge is 0.294 e. The molecule has 0 saturated carbocycles. The van der Waals surface area contributed by atoms with E-state index in [4.69, 9.17) is 0 Å². The number of halogens is 1. The summed E-state index contributed by atoms with van der Waals surface area (Å²) in [5.41, 5.74) is 0.0440. The van der Waals surface area contributed by atoms with Crippen LogP contribution in [0.15, 0.2) is 18.5 Å². The first kappa shape index (κ1) is 6.86. The predicted octanol–water partition coefficient (Wildman–Crippen LogP) is 1.42. The molecule has 0 aliphatic rings. The van der Waals surface area contributed by atoms with Crippen LogP contribution in [-0.4, -0.2) is 10.8 Å². The Labute approximate surface area is 57.7 Å². The van der Waals surface area contributed by atoms with Gasteiger partial charge in [-0.3, -0.25) is 9.78 Å². The van der Waals surface area contributed by atoms with E-state index in [2.05, 4.69) is 4.98 Å². The quantitative estimate of drug-likeness (QED) is 0.551. The standard InChI is InChI=1S/C7H6FNO/c1-5(10)6-4-9-3-2-7(6)8/h2-4H,1H3. The van der Waals surface area contributed by atoms with Crippen molar-refractivity contribution in [1.29, 1.82) is 0 Å². The van der Waals surface area contributed by atoms with Gasteiger partial charge in [0.25, 0.3) is 0 Å². The number of rotatable bonds is 1. The van der Waals surface area contributed by atoms with Crippen LogP contribution in [0.2, 0.25) is 0 Å². The molecule has 52 valence electrons. The summed E-state index contributed by atoms with van der Waals surface area (Å²) in [6, 6.07) is 1.16. The lowest BCUT2D eigenvalue weighted by Crippen LogP contribution is -1.96. The van der Waals surface area contributed by atoms with Gasteiger partial charge in [-0.25, -0.2) is 4.39 Å². The van der Waals surface area contributed by atoms with Crippen LogP contribution in [0.3, 0.4) is 0 Å². The minimum absolute atomic E-state index is 0.0440. The first-order valence-corrected chi connectivity index (χ1v) is 2.82. The fraction of sp³-hybridized carbons (Fsp3) is 0.143. The zero-order chi connectivity index (χ0) is 7.56. The number of carbonyl (C=O) groups excluding carboxylic acids is 1. The molecule has 3 heteroatoms. The summed E-state index contributed by atoms with van der Waals surface area (Å²) in [6.45, 7) is 1.31. The molecular weight excluding hydrogens is 133 g/mol. The Balaban J connectivity index is 3.15. The van der Waals surface area contributed by atoms with E-state index in [-0.39, 0.29) is 11.3 Å². The zero-order valence-electron chi connectivity index (χ0n) is 5.47. The second-order valence-corrected chi connectivity index (χ2v) is 1.91. The zero-order valence-corrected chi connectivity index (χ0v) is 5.47. The van der Waals surface area contributed by atoms with Gasteiger partial charge < -0.3 is 0 Å². The average molecular weight is 139 g/mol. The van der Waals surface area contributed by atoms with Gasteiger partial charge in [-0.2, -0.15) is 0 Å². The van der Waals surface area contributed by atoms with Crippen LogP contribution in [0.1, 0.15) is 17.3 Å². The molecule has 0 unspecified atom stereocenters. The molecule has 0 aliphatic heterocycles. The van der Waals surface area contributed by atoms with Crippen LogP contribution in [0, 0.1) is 5.82 Å². The molecule has 0 fully saturated rings. The van der Waals surface area contributed by atoms with Gasteiger partial charge in [0.05, 0.1) is 5.56 Å². The third kappa shape index (κ3) is 1.18. The molecule has 0 aromatic carbocycles. The third-order valence-corrected chi connectivity index (χ3v) is 1.15. The molecule has 1 aromatic heterocycles. The summed E-state index contributed by atoms with van der Waals surface area (Å²) in [5, 5.41) is 0. The van der Waals surface area contributed by atoms with Gasteiger partial charge in [-0.1, -0.05) is 0 Å². The number of nitrogens with zero attached hydrogens (tertiary/aromatic N) is 1. The van der Waals surface area contributed by atoms with Crippen molar-refractivity contribution >= 4 is 5.78 Å². The monoisotopic (exact) mass is 139 g/mol. The molecule has 0 atom stereocenters. The van der Waals surface area contributed by atoms with Crippen molar-refractivity contribution in [3.8, 4) is 0 Å². The van der Waals surface area contributed by atoms with Crippen molar-refractivity contribution in [3.63, 3.8) is 0 Å². The van der Waals surface area contributed by atoms with E-state index in [1.54, 1.807) is 0 Å². The van der Waals surface area contributed by atoms with Crippen molar-refractivity contribution in [1.82, 2.24) is 4.98 Å². The molecule has 0 amide bonds. The first-order chi connectivity index (χ1) is 4.72. The van der Waals surface area contributed by atoms with Crippen LogP contribution in [-0.2, 0) is 0 Å². The SMILES string of the molecule is CC(=O)c1cnccc1F. The number of carbonyl (C=O) groups is 1. The first-order valence-electron chi connectivity index (χ1n) is 2.82. The lowest BCUT2D eigenvalue weighted by atomic mass is 10.2. The topological polar surface area (TPSA) is 30.0 Å². The lowest BCUT2D eigenvalue weighted by molar-refractivity contribution is 0.101. The number of aromatic nitrogens is 1. The highest BCUT2D eigenvalue weighted by atomic mass is 19.1. The maximum atomic E-state index is 12.6. The number of hydrogen-bond acceptors (Lipinski definition) is 2. The Kier molecular flexibility index (Phi) is 1.76. The summed E-state index contributed by atoms with van der Waals surface area (Å²) < 4.78 is 12.6. The van der Waals surface area contributed by atoms with E-state index in [0.29, 0.717) is 0 Å². The molecule has 1 rings (SSSR count). The van der Waals surface area contributed by atoms with Crippen molar-refractivity contribution in [2.45, 2.75) is 6.92 Å². The number of hydrogen-bond donors (Lipinski definition) is 0. The van der Waals surface area contributed by atoms with Crippen LogP contribution in [0.25, 0.3) is 0 Å². The highest BCUT2D eigenvalue weighted by molar-refractivity contribution is 5.93. The number of pyridine rings is 1. The molecule has 0 bridgehead atoms. The van der Waals surface area contributed by atoms with Gasteiger partial charge in [-0.05, 0) is 13.0 Å². The van der Waals surface area contributed by atoms with Gasteiger partial charge in [0, 0.05) is 12.4 Å². The fourth-order valence-electron chi connectivity index (χ4n) is 0.637. The molecule has 0 aliphatic carbocycles. The molecule has 0 radical (unpaired) electrons. The lowest BCUT2D eigenvalue weighted by Gasteiger charge is -1.93. The molecule has 0 N–H and O–H groups in total. The van der Waals surface area contributed by atoms with E-state index in [9.17, 15) is 9.18 Å². The van der Waals surface area contributed by atoms with Gasteiger partial charge in [0.15, 0.2) is 5.78 Å². The Morgan fingerprint density at radius 1 is 1.70 bits per heavy atom. The van der Waals surface area contributed by atoms with Crippen LogP contribution in [0.5, 0.6) is 0 Å². The van der Waals surface area contributed by atoms with E-state index in [1.807, 2.05) is 0 Å². The Morgan fingerprint density at radius 3 is 2.80 bits per heavy atom. The van der Waals surface area contributed by atoms with Gasteiger partial charge >= 0.3 is 0 Å². The molecule has 10 heavy (non-hydrogen) atoms. The average Bonchev–Trinajstić information content (AvgIpc) is 1.88. The highest BCUT2D eigenvalue weighted by Crippen LogP contribution is 2.03. The van der Waals surface area contributed by atoms with E-state index in [1.165, 1.54) is 19.3 Å². The minimum atomic E-state index is -0.512. The molecule has 0 saturated heterocycles.